The van der Waals surface area contributed by atoms with E-state index in [1.807, 2.05) is 13.2 Å². The van der Waals surface area contributed by atoms with Gasteiger partial charge in [-0.2, -0.15) is 16.7 Å². The van der Waals surface area contributed by atoms with Crippen LogP contribution in [0.3, 0.4) is 0 Å². The second-order valence-electron chi connectivity index (χ2n) is 2.32. The summed E-state index contributed by atoms with van der Waals surface area (Å²) in [7, 11) is 0. The molecule has 0 amide bonds. The fourth-order valence-electron chi connectivity index (χ4n) is 0.781. The largest absolute Gasteiger partial charge is 0.338 e. The summed E-state index contributed by atoms with van der Waals surface area (Å²) in [4.78, 5) is 4.18. The number of aromatic nitrogens is 2. The zero-order valence-corrected chi connectivity index (χ0v) is 8.15. The van der Waals surface area contributed by atoms with E-state index < -0.39 is 0 Å². The number of rotatable bonds is 5. The van der Waals surface area contributed by atoms with E-state index in [4.69, 9.17) is 4.52 Å². The zero-order valence-electron chi connectivity index (χ0n) is 7.33. The van der Waals surface area contributed by atoms with Crippen molar-refractivity contribution in [3.8, 4) is 0 Å². The number of hydrogen-bond acceptors (Lipinski definition) is 5. The van der Waals surface area contributed by atoms with Crippen LogP contribution in [0.1, 0.15) is 18.6 Å². The fourth-order valence-corrected chi connectivity index (χ4v) is 1.15. The number of nitrogens with one attached hydrogen (secondary N) is 1. The topological polar surface area (TPSA) is 51.0 Å². The quantitative estimate of drug-likeness (QED) is 0.746. The Bertz CT molecular complexity index is 226. The van der Waals surface area contributed by atoms with Gasteiger partial charge in [-0.3, -0.25) is 0 Å². The molecular weight excluding hydrogens is 174 g/mol. The lowest BCUT2D eigenvalue weighted by Crippen LogP contribution is -2.12. The average Bonchev–Trinajstić information content (AvgIpc) is 2.50. The summed E-state index contributed by atoms with van der Waals surface area (Å²) in [6.07, 6.45) is 2.01. The molecule has 1 aromatic heterocycles. The molecule has 0 saturated carbocycles. The lowest BCUT2D eigenvalue weighted by atomic mass is 10.6. The van der Waals surface area contributed by atoms with E-state index in [2.05, 4.69) is 15.5 Å². The van der Waals surface area contributed by atoms with Crippen molar-refractivity contribution in [3.63, 3.8) is 0 Å². The van der Waals surface area contributed by atoms with Crippen molar-refractivity contribution in [3.05, 3.63) is 11.7 Å². The zero-order chi connectivity index (χ0) is 8.81. The highest BCUT2D eigenvalue weighted by Crippen LogP contribution is 2.05. The minimum absolute atomic E-state index is 0.689. The summed E-state index contributed by atoms with van der Waals surface area (Å²) in [5.74, 6) is 2.23. The van der Waals surface area contributed by atoms with Crippen LogP contribution in [0, 0.1) is 0 Å². The van der Waals surface area contributed by atoms with Crippen LogP contribution in [0.15, 0.2) is 4.52 Å². The first-order valence-corrected chi connectivity index (χ1v) is 5.27. The Balaban J connectivity index is 2.41. The SMILES string of the molecule is CCNCc1noc(CSC)n1. The monoisotopic (exact) mass is 187 g/mol. The molecule has 1 heterocycles. The smallest absolute Gasteiger partial charge is 0.236 e. The number of thioether (sulfide) groups is 1. The Labute approximate surface area is 76.1 Å². The van der Waals surface area contributed by atoms with Gasteiger partial charge in [-0.25, -0.2) is 0 Å². The molecule has 0 radical (unpaired) electrons. The maximum atomic E-state index is 4.98. The van der Waals surface area contributed by atoms with Crippen molar-refractivity contribution in [1.29, 1.82) is 0 Å². The summed E-state index contributed by atoms with van der Waals surface area (Å²) in [6, 6.07) is 0. The summed E-state index contributed by atoms with van der Waals surface area (Å²) < 4.78 is 4.98. The molecule has 0 aliphatic rings. The fraction of sp³-hybridized carbons (Fsp3) is 0.714. The summed E-state index contributed by atoms with van der Waals surface area (Å²) in [6.45, 7) is 3.66. The van der Waals surface area contributed by atoms with Crippen LogP contribution in [0.2, 0.25) is 0 Å². The van der Waals surface area contributed by atoms with Gasteiger partial charge in [-0.15, -0.1) is 0 Å². The lowest BCUT2D eigenvalue weighted by molar-refractivity contribution is 0.383. The average molecular weight is 187 g/mol. The van der Waals surface area contributed by atoms with E-state index in [0.29, 0.717) is 12.4 Å². The minimum atomic E-state index is 0.689. The van der Waals surface area contributed by atoms with E-state index in [-0.39, 0.29) is 0 Å². The van der Waals surface area contributed by atoms with Gasteiger partial charge in [0.15, 0.2) is 5.82 Å². The van der Waals surface area contributed by atoms with Crippen molar-refractivity contribution in [2.24, 2.45) is 0 Å². The predicted octanol–water partition coefficient (Wildman–Crippen LogP) is 1.04. The Morgan fingerprint density at radius 3 is 3.08 bits per heavy atom. The highest BCUT2D eigenvalue weighted by atomic mass is 32.2. The van der Waals surface area contributed by atoms with E-state index >= 15 is 0 Å². The third-order valence-corrected chi connectivity index (χ3v) is 1.85. The molecule has 0 aromatic carbocycles. The van der Waals surface area contributed by atoms with Crippen molar-refractivity contribution in [1.82, 2.24) is 15.5 Å². The van der Waals surface area contributed by atoms with Crippen molar-refractivity contribution >= 4 is 11.8 Å². The molecule has 0 fully saturated rings. The molecule has 0 unspecified atom stereocenters. The van der Waals surface area contributed by atoms with Crippen LogP contribution in [-0.2, 0) is 12.3 Å². The molecule has 0 aliphatic heterocycles. The predicted molar refractivity (Wildman–Crippen MR) is 48.9 cm³/mol. The molecule has 0 saturated heterocycles. The first-order chi connectivity index (χ1) is 5.86. The van der Waals surface area contributed by atoms with Crippen LogP contribution in [0.4, 0.5) is 0 Å². The molecule has 1 aromatic rings. The highest BCUT2D eigenvalue weighted by Gasteiger charge is 2.03. The Morgan fingerprint density at radius 2 is 2.42 bits per heavy atom. The van der Waals surface area contributed by atoms with Gasteiger partial charge in [0.05, 0.1) is 12.3 Å². The Kier molecular flexibility index (Phi) is 4.10. The van der Waals surface area contributed by atoms with Gasteiger partial charge in [0.1, 0.15) is 0 Å². The van der Waals surface area contributed by atoms with E-state index in [1.165, 1.54) is 0 Å². The van der Waals surface area contributed by atoms with E-state index in [0.717, 1.165) is 18.1 Å². The molecule has 4 nitrogen and oxygen atoms in total. The Morgan fingerprint density at radius 1 is 1.58 bits per heavy atom. The van der Waals surface area contributed by atoms with Crippen molar-refractivity contribution in [2.45, 2.75) is 19.2 Å². The van der Waals surface area contributed by atoms with E-state index in [9.17, 15) is 0 Å². The standard InChI is InChI=1S/C7H13N3OS/c1-3-8-4-6-9-7(5-12-2)11-10-6/h8H,3-5H2,1-2H3. The first-order valence-electron chi connectivity index (χ1n) is 3.88. The maximum absolute atomic E-state index is 4.98. The molecule has 12 heavy (non-hydrogen) atoms. The van der Waals surface area contributed by atoms with Crippen LogP contribution < -0.4 is 5.32 Å². The lowest BCUT2D eigenvalue weighted by Gasteiger charge is -1.92. The van der Waals surface area contributed by atoms with Gasteiger partial charge in [-0.1, -0.05) is 12.1 Å². The number of nitrogens with zero attached hydrogens (tertiary/aromatic N) is 2. The normalized spacial score (nSPS) is 10.5. The second kappa shape index (κ2) is 5.16. The van der Waals surface area contributed by atoms with Crippen LogP contribution in [-0.4, -0.2) is 22.9 Å². The van der Waals surface area contributed by atoms with E-state index in [1.54, 1.807) is 11.8 Å². The Hall–Kier alpha value is -0.550. The molecular formula is C7H13N3OS. The molecule has 1 N–H and O–H groups in total. The molecule has 1 rings (SSSR count). The van der Waals surface area contributed by atoms with Gasteiger partial charge in [0, 0.05) is 0 Å². The van der Waals surface area contributed by atoms with Gasteiger partial charge in [0.2, 0.25) is 5.89 Å². The summed E-state index contributed by atoms with van der Waals surface area (Å²) in [5.41, 5.74) is 0. The molecule has 68 valence electrons. The maximum Gasteiger partial charge on any atom is 0.236 e. The molecule has 5 heteroatoms. The summed E-state index contributed by atoms with van der Waals surface area (Å²) in [5, 5.41) is 6.94. The molecule has 0 bridgehead atoms. The third-order valence-electron chi connectivity index (χ3n) is 1.31. The number of hydrogen-bond donors (Lipinski definition) is 1. The van der Waals surface area contributed by atoms with Crippen molar-refractivity contribution < 1.29 is 4.52 Å². The second-order valence-corrected chi connectivity index (χ2v) is 3.18. The summed E-state index contributed by atoms with van der Waals surface area (Å²) >= 11 is 1.68. The van der Waals surface area contributed by atoms with Gasteiger partial charge in [0.25, 0.3) is 0 Å². The third kappa shape index (κ3) is 2.83. The van der Waals surface area contributed by atoms with Gasteiger partial charge < -0.3 is 9.84 Å². The molecule has 0 spiro atoms. The van der Waals surface area contributed by atoms with Gasteiger partial charge in [-0.05, 0) is 12.8 Å². The molecule has 0 atom stereocenters. The highest BCUT2D eigenvalue weighted by molar-refractivity contribution is 7.97. The first kappa shape index (κ1) is 9.54. The molecule has 0 aliphatic carbocycles. The van der Waals surface area contributed by atoms with Crippen LogP contribution in [0.5, 0.6) is 0 Å². The van der Waals surface area contributed by atoms with Crippen molar-refractivity contribution in [2.75, 3.05) is 12.8 Å². The van der Waals surface area contributed by atoms with Gasteiger partial charge >= 0.3 is 0 Å². The minimum Gasteiger partial charge on any atom is -0.338 e. The van der Waals surface area contributed by atoms with Crippen LogP contribution >= 0.6 is 11.8 Å². The van der Waals surface area contributed by atoms with Crippen LogP contribution in [0.25, 0.3) is 0 Å².